The average molecular weight is 293 g/mol. The van der Waals surface area contributed by atoms with Gasteiger partial charge in [0.15, 0.2) is 0 Å². The number of carbonyl (C=O) groups is 1. The van der Waals surface area contributed by atoms with E-state index in [0.717, 1.165) is 21.8 Å². The van der Waals surface area contributed by atoms with Crippen LogP contribution in [0, 0.1) is 0 Å². The minimum atomic E-state index is -0.961. The Bertz CT molecular complexity index is 562. The maximum Gasteiger partial charge on any atom is 0.328 e. The lowest BCUT2D eigenvalue weighted by atomic mass is 10.2. The van der Waals surface area contributed by atoms with Crippen molar-refractivity contribution in [1.82, 2.24) is 9.78 Å². The highest BCUT2D eigenvalue weighted by Gasteiger charge is 2.02. The fourth-order valence-corrected chi connectivity index (χ4v) is 1.97. The first-order valence-electron chi connectivity index (χ1n) is 4.87. The molecule has 1 aromatic heterocycles. The average Bonchev–Trinajstić information content (AvgIpc) is 2.79. The van der Waals surface area contributed by atoms with E-state index in [1.165, 1.54) is 0 Å². The van der Waals surface area contributed by atoms with Crippen LogP contribution in [0.3, 0.4) is 0 Å². The number of nitrogens with zero attached hydrogens (tertiary/aromatic N) is 2. The third-order valence-electron chi connectivity index (χ3n) is 2.14. The lowest BCUT2D eigenvalue weighted by Gasteiger charge is -2.05. The van der Waals surface area contributed by atoms with Crippen LogP contribution in [0.5, 0.6) is 0 Å². The molecule has 0 saturated carbocycles. The van der Waals surface area contributed by atoms with Crippen molar-refractivity contribution in [2.45, 2.75) is 0 Å². The molecule has 0 fully saturated rings. The summed E-state index contributed by atoms with van der Waals surface area (Å²) in [7, 11) is 0. The van der Waals surface area contributed by atoms with Gasteiger partial charge < -0.3 is 5.11 Å². The number of hydrogen-bond acceptors (Lipinski definition) is 2. The van der Waals surface area contributed by atoms with Gasteiger partial charge in [-0.15, -0.1) is 0 Å². The predicted molar refractivity (Wildman–Crippen MR) is 67.9 cm³/mol. The van der Waals surface area contributed by atoms with Crippen molar-refractivity contribution in [3.8, 4) is 5.69 Å². The first-order chi connectivity index (χ1) is 8.16. The number of aromatic nitrogens is 2. The lowest BCUT2D eigenvalue weighted by Crippen LogP contribution is -1.95. The Morgan fingerprint density at radius 3 is 2.88 bits per heavy atom. The maximum atomic E-state index is 10.4. The van der Waals surface area contributed by atoms with Crippen molar-refractivity contribution in [3.05, 3.63) is 52.8 Å². The maximum absolute atomic E-state index is 10.4. The first kappa shape index (κ1) is 11.6. The van der Waals surface area contributed by atoms with Crippen LogP contribution in [0.4, 0.5) is 0 Å². The van der Waals surface area contributed by atoms with Crippen LogP contribution in [0.2, 0.25) is 0 Å². The highest BCUT2D eigenvalue weighted by Crippen LogP contribution is 2.22. The molecule has 17 heavy (non-hydrogen) atoms. The topological polar surface area (TPSA) is 55.1 Å². The largest absolute Gasteiger partial charge is 0.478 e. The minimum absolute atomic E-state index is 0.815. The number of carboxylic acid groups (broad SMARTS) is 1. The van der Waals surface area contributed by atoms with Gasteiger partial charge in [0, 0.05) is 22.9 Å². The Kier molecular flexibility index (Phi) is 3.39. The molecule has 1 heterocycles. The van der Waals surface area contributed by atoms with Gasteiger partial charge in [-0.05, 0) is 45.8 Å². The Labute approximate surface area is 106 Å². The summed E-state index contributed by atoms with van der Waals surface area (Å²) in [6.07, 6.45) is 6.19. The molecule has 0 saturated heterocycles. The number of rotatable bonds is 3. The standard InChI is InChI=1S/C12H9BrN2O2/c13-10-8-9(3-5-12(16)17)2-4-11(10)15-7-1-6-14-15/h1-8H,(H,16,17)/b5-3+. The fraction of sp³-hybridized carbons (Fsp3) is 0. The molecule has 0 atom stereocenters. The molecule has 5 heteroatoms. The van der Waals surface area contributed by atoms with E-state index in [9.17, 15) is 4.79 Å². The van der Waals surface area contributed by atoms with Gasteiger partial charge in [0.2, 0.25) is 0 Å². The van der Waals surface area contributed by atoms with Crippen molar-refractivity contribution in [1.29, 1.82) is 0 Å². The van der Waals surface area contributed by atoms with E-state index in [2.05, 4.69) is 21.0 Å². The van der Waals surface area contributed by atoms with E-state index in [1.54, 1.807) is 17.0 Å². The third-order valence-corrected chi connectivity index (χ3v) is 2.78. The Balaban J connectivity index is 2.32. The summed E-state index contributed by atoms with van der Waals surface area (Å²) in [6.45, 7) is 0. The number of aliphatic carboxylic acids is 1. The Hall–Kier alpha value is -1.88. The summed E-state index contributed by atoms with van der Waals surface area (Å²) in [4.78, 5) is 10.4. The second kappa shape index (κ2) is 4.97. The van der Waals surface area contributed by atoms with E-state index < -0.39 is 5.97 Å². The second-order valence-electron chi connectivity index (χ2n) is 3.33. The normalized spacial score (nSPS) is 10.9. The van der Waals surface area contributed by atoms with Crippen molar-refractivity contribution in [2.75, 3.05) is 0 Å². The van der Waals surface area contributed by atoms with Crippen LogP contribution < -0.4 is 0 Å². The zero-order valence-corrected chi connectivity index (χ0v) is 10.3. The summed E-state index contributed by atoms with van der Waals surface area (Å²) in [6, 6.07) is 7.39. The van der Waals surface area contributed by atoms with Crippen LogP contribution >= 0.6 is 15.9 Å². The summed E-state index contributed by atoms with van der Waals surface area (Å²) < 4.78 is 2.59. The molecule has 0 amide bonds. The molecule has 86 valence electrons. The molecular formula is C12H9BrN2O2. The predicted octanol–water partition coefficient (Wildman–Crippen LogP) is 2.73. The van der Waals surface area contributed by atoms with Crippen molar-refractivity contribution < 1.29 is 9.90 Å². The number of hydrogen-bond donors (Lipinski definition) is 1. The molecule has 0 spiro atoms. The summed E-state index contributed by atoms with van der Waals surface area (Å²) in [5, 5.41) is 12.7. The van der Waals surface area contributed by atoms with Crippen molar-refractivity contribution in [3.63, 3.8) is 0 Å². The minimum Gasteiger partial charge on any atom is -0.478 e. The van der Waals surface area contributed by atoms with Gasteiger partial charge >= 0.3 is 5.97 Å². The quantitative estimate of drug-likeness (QED) is 0.885. The van der Waals surface area contributed by atoms with Gasteiger partial charge in [0.05, 0.1) is 5.69 Å². The van der Waals surface area contributed by atoms with Crippen LogP contribution in [-0.2, 0) is 4.79 Å². The lowest BCUT2D eigenvalue weighted by molar-refractivity contribution is -0.131. The monoisotopic (exact) mass is 292 g/mol. The molecular weight excluding hydrogens is 284 g/mol. The summed E-state index contributed by atoms with van der Waals surface area (Å²) >= 11 is 3.43. The van der Waals surface area contributed by atoms with E-state index in [-0.39, 0.29) is 0 Å². The van der Waals surface area contributed by atoms with Crippen molar-refractivity contribution in [2.24, 2.45) is 0 Å². The number of halogens is 1. The molecule has 2 rings (SSSR count). The second-order valence-corrected chi connectivity index (χ2v) is 4.19. The zero-order valence-electron chi connectivity index (χ0n) is 8.75. The highest BCUT2D eigenvalue weighted by atomic mass is 79.9. The van der Waals surface area contributed by atoms with E-state index >= 15 is 0 Å². The van der Waals surface area contributed by atoms with Crippen molar-refractivity contribution >= 4 is 28.0 Å². The van der Waals surface area contributed by atoms with Crippen LogP contribution in [0.25, 0.3) is 11.8 Å². The molecule has 0 radical (unpaired) electrons. The van der Waals surface area contributed by atoms with Gasteiger partial charge in [-0.1, -0.05) is 6.07 Å². The van der Waals surface area contributed by atoms with Gasteiger partial charge in [0.1, 0.15) is 0 Å². The first-order valence-corrected chi connectivity index (χ1v) is 5.67. The third kappa shape index (κ3) is 2.82. The van der Waals surface area contributed by atoms with E-state index in [4.69, 9.17) is 5.11 Å². The Morgan fingerprint density at radius 1 is 1.47 bits per heavy atom. The number of carboxylic acids is 1. The fourth-order valence-electron chi connectivity index (χ4n) is 1.39. The molecule has 1 aromatic carbocycles. The van der Waals surface area contributed by atoms with E-state index in [1.807, 2.05) is 30.5 Å². The van der Waals surface area contributed by atoms with E-state index in [0.29, 0.717) is 0 Å². The number of benzene rings is 1. The summed E-state index contributed by atoms with van der Waals surface area (Å²) in [5.74, 6) is -0.961. The van der Waals surface area contributed by atoms with Gasteiger partial charge in [-0.25, -0.2) is 9.48 Å². The molecule has 0 bridgehead atoms. The molecule has 0 aliphatic heterocycles. The van der Waals surface area contributed by atoms with Crippen LogP contribution in [0.1, 0.15) is 5.56 Å². The molecule has 2 aromatic rings. The van der Waals surface area contributed by atoms with Crippen LogP contribution in [0.15, 0.2) is 47.2 Å². The molecule has 0 unspecified atom stereocenters. The summed E-state index contributed by atoms with van der Waals surface area (Å²) in [5.41, 5.74) is 1.72. The smallest absolute Gasteiger partial charge is 0.328 e. The zero-order chi connectivity index (χ0) is 12.3. The van der Waals surface area contributed by atoms with Gasteiger partial charge in [-0.2, -0.15) is 5.10 Å². The molecule has 4 nitrogen and oxygen atoms in total. The highest BCUT2D eigenvalue weighted by molar-refractivity contribution is 9.10. The van der Waals surface area contributed by atoms with Crippen LogP contribution in [-0.4, -0.2) is 20.9 Å². The molecule has 0 aliphatic rings. The Morgan fingerprint density at radius 2 is 2.29 bits per heavy atom. The van der Waals surface area contributed by atoms with Gasteiger partial charge in [0.25, 0.3) is 0 Å². The molecule has 1 N–H and O–H groups in total. The van der Waals surface area contributed by atoms with Gasteiger partial charge in [-0.3, -0.25) is 0 Å². The molecule has 0 aliphatic carbocycles. The SMILES string of the molecule is O=C(O)/C=C/c1ccc(-n2cccn2)c(Br)c1.